The summed E-state index contributed by atoms with van der Waals surface area (Å²) in [6.07, 6.45) is 1.55. The number of halogens is 2. The van der Waals surface area contributed by atoms with Crippen LogP contribution in [0.2, 0.25) is 10.0 Å². The third-order valence-corrected chi connectivity index (χ3v) is 6.98. The van der Waals surface area contributed by atoms with E-state index in [0.717, 1.165) is 16.8 Å². The molecule has 1 aliphatic heterocycles. The van der Waals surface area contributed by atoms with Crippen molar-refractivity contribution in [3.05, 3.63) is 92.2 Å². The first kappa shape index (κ1) is 23.6. The molecule has 0 saturated heterocycles. The second-order valence-corrected chi connectivity index (χ2v) is 9.62. The standard InChI is InChI=1S/C27H27Cl2NO3/c1-4-15(2)33-27(32)24-16(3)30-22-13-19(17-5-9-20(28)10-6-17)14-23(31)26(22)25(24)18-7-11-21(29)12-8-18/h5-12,15,19,25,30H,4,13-14H2,1-3H3/t15-,19+,25+/m0/s1. The third kappa shape index (κ3) is 4.87. The van der Waals surface area contributed by atoms with Crippen LogP contribution in [0.4, 0.5) is 0 Å². The van der Waals surface area contributed by atoms with E-state index >= 15 is 0 Å². The van der Waals surface area contributed by atoms with Crippen LogP contribution in [-0.2, 0) is 14.3 Å². The third-order valence-electron chi connectivity index (χ3n) is 6.48. The highest BCUT2D eigenvalue weighted by Crippen LogP contribution is 2.46. The van der Waals surface area contributed by atoms with Crippen LogP contribution in [0.1, 0.15) is 63.0 Å². The molecule has 1 N–H and O–H groups in total. The van der Waals surface area contributed by atoms with Crippen LogP contribution in [0, 0.1) is 0 Å². The van der Waals surface area contributed by atoms with Crippen molar-refractivity contribution in [3.63, 3.8) is 0 Å². The fourth-order valence-corrected chi connectivity index (χ4v) is 4.85. The van der Waals surface area contributed by atoms with Crippen LogP contribution in [0.3, 0.4) is 0 Å². The molecule has 0 bridgehead atoms. The molecule has 2 aromatic rings. The first-order chi connectivity index (χ1) is 15.8. The van der Waals surface area contributed by atoms with Crippen molar-refractivity contribution in [1.82, 2.24) is 5.32 Å². The summed E-state index contributed by atoms with van der Waals surface area (Å²) in [7, 11) is 0. The van der Waals surface area contributed by atoms with Crippen molar-refractivity contribution in [2.75, 3.05) is 0 Å². The van der Waals surface area contributed by atoms with Gasteiger partial charge in [0.05, 0.1) is 11.7 Å². The smallest absolute Gasteiger partial charge is 0.337 e. The number of dihydropyridines is 1. The number of carbonyl (C=O) groups is 2. The molecule has 0 amide bonds. The zero-order valence-corrected chi connectivity index (χ0v) is 20.5. The maximum Gasteiger partial charge on any atom is 0.337 e. The van der Waals surface area contributed by atoms with Crippen molar-refractivity contribution >= 4 is 35.0 Å². The minimum Gasteiger partial charge on any atom is -0.459 e. The van der Waals surface area contributed by atoms with Gasteiger partial charge in [0.25, 0.3) is 0 Å². The number of Topliss-reactive ketones (excluding diaryl/α,β-unsaturated/α-hetero) is 1. The predicted octanol–water partition coefficient (Wildman–Crippen LogP) is 6.70. The number of ketones is 1. The molecule has 3 atom stereocenters. The van der Waals surface area contributed by atoms with E-state index in [2.05, 4.69) is 5.32 Å². The number of esters is 1. The number of hydrogen-bond donors (Lipinski definition) is 1. The van der Waals surface area contributed by atoms with E-state index in [0.29, 0.717) is 46.2 Å². The summed E-state index contributed by atoms with van der Waals surface area (Å²) in [5.74, 6) is -0.805. The quantitative estimate of drug-likeness (QED) is 0.480. The van der Waals surface area contributed by atoms with E-state index in [1.807, 2.05) is 57.2 Å². The Morgan fingerprint density at radius 3 is 2.18 bits per heavy atom. The van der Waals surface area contributed by atoms with Gasteiger partial charge < -0.3 is 10.1 Å². The molecule has 172 valence electrons. The number of rotatable bonds is 5. The molecule has 4 nitrogen and oxygen atoms in total. The minimum absolute atomic E-state index is 0.0324. The van der Waals surface area contributed by atoms with Gasteiger partial charge in [0, 0.05) is 39.4 Å². The van der Waals surface area contributed by atoms with Crippen molar-refractivity contribution in [3.8, 4) is 0 Å². The molecule has 0 saturated carbocycles. The van der Waals surface area contributed by atoms with E-state index in [1.165, 1.54) is 0 Å². The average Bonchev–Trinajstić information content (AvgIpc) is 2.78. The van der Waals surface area contributed by atoms with E-state index in [4.69, 9.17) is 27.9 Å². The lowest BCUT2D eigenvalue weighted by molar-refractivity contribution is -0.144. The van der Waals surface area contributed by atoms with Gasteiger partial charge in [-0.25, -0.2) is 4.79 Å². The number of benzene rings is 2. The van der Waals surface area contributed by atoms with Gasteiger partial charge in [-0.1, -0.05) is 54.4 Å². The molecule has 0 aromatic heterocycles. The van der Waals surface area contributed by atoms with Gasteiger partial charge in [-0.15, -0.1) is 0 Å². The lowest BCUT2D eigenvalue weighted by Gasteiger charge is -2.37. The molecule has 0 radical (unpaired) electrons. The monoisotopic (exact) mass is 483 g/mol. The van der Waals surface area contributed by atoms with E-state index < -0.39 is 11.9 Å². The Hall–Kier alpha value is -2.56. The van der Waals surface area contributed by atoms with Crippen LogP contribution < -0.4 is 5.32 Å². The largest absolute Gasteiger partial charge is 0.459 e. The Bertz CT molecular complexity index is 1130. The molecule has 6 heteroatoms. The summed E-state index contributed by atoms with van der Waals surface area (Å²) in [6, 6.07) is 15.0. The second kappa shape index (κ2) is 9.74. The van der Waals surface area contributed by atoms with Crippen LogP contribution >= 0.6 is 23.2 Å². The molecule has 33 heavy (non-hydrogen) atoms. The molecule has 0 unspecified atom stereocenters. The maximum atomic E-state index is 13.6. The van der Waals surface area contributed by atoms with Gasteiger partial charge >= 0.3 is 5.97 Å². The topological polar surface area (TPSA) is 55.4 Å². The summed E-state index contributed by atoms with van der Waals surface area (Å²) in [4.78, 5) is 26.8. The Labute approximate surface area is 204 Å². The molecule has 2 aliphatic rings. The fourth-order valence-electron chi connectivity index (χ4n) is 4.60. The number of ether oxygens (including phenoxy) is 1. The lowest BCUT2D eigenvalue weighted by atomic mass is 9.72. The highest BCUT2D eigenvalue weighted by molar-refractivity contribution is 6.30. The van der Waals surface area contributed by atoms with E-state index in [1.54, 1.807) is 12.1 Å². The predicted molar refractivity (Wildman–Crippen MR) is 131 cm³/mol. The van der Waals surface area contributed by atoms with E-state index in [9.17, 15) is 9.59 Å². The van der Waals surface area contributed by atoms with Gasteiger partial charge in [-0.05, 0) is 68.0 Å². The summed E-state index contributed by atoms with van der Waals surface area (Å²) < 4.78 is 5.69. The average molecular weight is 484 g/mol. The Morgan fingerprint density at radius 2 is 1.61 bits per heavy atom. The SMILES string of the molecule is CC[C@H](C)OC(=O)C1=C(C)NC2=C(C(=O)C[C@H](c3ccc(Cl)cc3)C2)[C@@H]1c1ccc(Cl)cc1. The Morgan fingerprint density at radius 1 is 1.03 bits per heavy atom. The number of hydrogen-bond acceptors (Lipinski definition) is 4. The van der Waals surface area contributed by atoms with Gasteiger partial charge in [0.1, 0.15) is 0 Å². The molecule has 1 heterocycles. The van der Waals surface area contributed by atoms with Crippen molar-refractivity contribution < 1.29 is 14.3 Å². The van der Waals surface area contributed by atoms with Gasteiger partial charge in [0.15, 0.2) is 5.78 Å². The summed E-state index contributed by atoms with van der Waals surface area (Å²) in [5, 5.41) is 4.65. The Kier molecular flexibility index (Phi) is 6.96. The molecule has 0 spiro atoms. The van der Waals surface area contributed by atoms with Crippen molar-refractivity contribution in [1.29, 1.82) is 0 Å². The first-order valence-corrected chi connectivity index (χ1v) is 12.0. The van der Waals surface area contributed by atoms with Gasteiger partial charge in [-0.2, -0.15) is 0 Å². The molecular formula is C27H27Cl2NO3. The van der Waals surface area contributed by atoms with Crippen LogP contribution in [-0.4, -0.2) is 17.9 Å². The van der Waals surface area contributed by atoms with Crippen LogP contribution in [0.15, 0.2) is 71.1 Å². The van der Waals surface area contributed by atoms with Crippen molar-refractivity contribution in [2.24, 2.45) is 0 Å². The number of carbonyl (C=O) groups excluding carboxylic acids is 2. The molecular weight excluding hydrogens is 457 g/mol. The van der Waals surface area contributed by atoms with E-state index in [-0.39, 0.29) is 17.8 Å². The summed E-state index contributed by atoms with van der Waals surface area (Å²) in [6.45, 7) is 5.71. The number of allylic oxidation sites excluding steroid dienone is 3. The van der Waals surface area contributed by atoms with Crippen molar-refractivity contribution in [2.45, 2.75) is 58.0 Å². The minimum atomic E-state index is -0.492. The highest BCUT2D eigenvalue weighted by atomic mass is 35.5. The van der Waals surface area contributed by atoms with Crippen LogP contribution in [0.5, 0.6) is 0 Å². The molecule has 0 fully saturated rings. The highest BCUT2D eigenvalue weighted by Gasteiger charge is 2.41. The molecule has 1 aliphatic carbocycles. The van der Waals surface area contributed by atoms with Crippen LogP contribution in [0.25, 0.3) is 0 Å². The lowest BCUT2D eigenvalue weighted by Crippen LogP contribution is -2.36. The second-order valence-electron chi connectivity index (χ2n) is 8.74. The first-order valence-electron chi connectivity index (χ1n) is 11.2. The zero-order valence-electron chi connectivity index (χ0n) is 19.0. The van der Waals surface area contributed by atoms with Gasteiger partial charge in [-0.3, -0.25) is 4.79 Å². The fraction of sp³-hybridized carbons (Fsp3) is 0.333. The zero-order chi connectivity index (χ0) is 23.7. The molecule has 4 rings (SSSR count). The van der Waals surface area contributed by atoms with Gasteiger partial charge in [0.2, 0.25) is 0 Å². The molecule has 2 aromatic carbocycles. The summed E-state index contributed by atoms with van der Waals surface area (Å²) in [5.41, 5.74) is 4.63. The summed E-state index contributed by atoms with van der Waals surface area (Å²) >= 11 is 12.2. The Balaban J connectivity index is 1.76. The normalized spacial score (nSPS) is 21.4. The number of nitrogens with one attached hydrogen (secondary N) is 1. The maximum absolute atomic E-state index is 13.6.